The number of benzene rings is 1. The van der Waals surface area contributed by atoms with E-state index in [9.17, 15) is 9.59 Å². The zero-order valence-corrected chi connectivity index (χ0v) is 14.1. The van der Waals surface area contributed by atoms with E-state index in [2.05, 4.69) is 10.3 Å². The lowest BCUT2D eigenvalue weighted by atomic mass is 10.1. The van der Waals surface area contributed by atoms with Gasteiger partial charge in [-0.3, -0.25) is 10.1 Å². The molecule has 0 saturated carbocycles. The number of nitrogens with zero attached hydrogens (tertiary/aromatic N) is 1. The Bertz CT molecular complexity index is 733. The van der Waals surface area contributed by atoms with E-state index in [0.29, 0.717) is 22.3 Å². The van der Waals surface area contributed by atoms with Gasteiger partial charge in [0, 0.05) is 6.08 Å². The number of hydrogen-bond donors (Lipinski definition) is 1. The van der Waals surface area contributed by atoms with Gasteiger partial charge >= 0.3 is 5.97 Å². The summed E-state index contributed by atoms with van der Waals surface area (Å²) < 4.78 is 4.95. The quantitative estimate of drug-likeness (QED) is 0.672. The standard InChI is InChI=1S/C17H18N2O3S/c1-4-22-16(21)15-12(3)18-17(23-15)19-14(20)10-9-13-7-5-11(2)6-8-13/h5-10H,4H2,1-3H3,(H,18,19,20). The summed E-state index contributed by atoms with van der Waals surface area (Å²) in [7, 11) is 0. The second-order valence-corrected chi connectivity index (χ2v) is 5.89. The molecular formula is C17H18N2O3S. The molecule has 120 valence electrons. The van der Waals surface area contributed by atoms with Gasteiger partial charge in [-0.25, -0.2) is 9.78 Å². The third kappa shape index (κ3) is 4.75. The molecule has 1 aromatic heterocycles. The van der Waals surface area contributed by atoms with Gasteiger partial charge in [-0.1, -0.05) is 41.2 Å². The Morgan fingerprint density at radius 3 is 2.61 bits per heavy atom. The van der Waals surface area contributed by atoms with Crippen LogP contribution < -0.4 is 5.32 Å². The summed E-state index contributed by atoms with van der Waals surface area (Å²) in [6.07, 6.45) is 3.16. The average Bonchev–Trinajstić information content (AvgIpc) is 2.87. The number of nitrogens with one attached hydrogen (secondary N) is 1. The summed E-state index contributed by atoms with van der Waals surface area (Å²) >= 11 is 1.11. The van der Waals surface area contributed by atoms with Gasteiger partial charge in [0.15, 0.2) is 5.13 Å². The Hall–Kier alpha value is -2.47. The Morgan fingerprint density at radius 1 is 1.26 bits per heavy atom. The molecule has 2 aromatic rings. The largest absolute Gasteiger partial charge is 0.462 e. The smallest absolute Gasteiger partial charge is 0.350 e. The first-order valence-electron chi connectivity index (χ1n) is 7.20. The van der Waals surface area contributed by atoms with Crippen LogP contribution in [0, 0.1) is 13.8 Å². The second kappa shape index (κ2) is 7.69. The van der Waals surface area contributed by atoms with E-state index in [4.69, 9.17) is 4.74 Å². The fraction of sp³-hybridized carbons (Fsp3) is 0.235. The lowest BCUT2D eigenvalue weighted by Crippen LogP contribution is -2.07. The van der Waals surface area contributed by atoms with Crippen LogP contribution in [0.1, 0.15) is 33.4 Å². The summed E-state index contributed by atoms with van der Waals surface area (Å²) in [4.78, 5) is 28.2. The number of aryl methyl sites for hydroxylation is 2. The number of amides is 1. The fourth-order valence-electron chi connectivity index (χ4n) is 1.83. The van der Waals surface area contributed by atoms with Crippen LogP contribution in [0.25, 0.3) is 6.08 Å². The lowest BCUT2D eigenvalue weighted by molar-refractivity contribution is -0.111. The molecular weight excluding hydrogens is 312 g/mol. The highest BCUT2D eigenvalue weighted by Gasteiger charge is 2.16. The molecule has 6 heteroatoms. The Labute approximate surface area is 139 Å². The maximum absolute atomic E-state index is 11.9. The Kier molecular flexibility index (Phi) is 5.65. The van der Waals surface area contributed by atoms with Crippen molar-refractivity contribution in [3.8, 4) is 0 Å². The van der Waals surface area contributed by atoms with Crippen molar-refractivity contribution in [3.05, 3.63) is 52.0 Å². The molecule has 0 spiro atoms. The molecule has 0 saturated heterocycles. The molecule has 0 aliphatic heterocycles. The molecule has 5 nitrogen and oxygen atoms in total. The van der Waals surface area contributed by atoms with Crippen LogP contribution >= 0.6 is 11.3 Å². The van der Waals surface area contributed by atoms with Crippen molar-refractivity contribution in [2.45, 2.75) is 20.8 Å². The van der Waals surface area contributed by atoms with Crippen LogP contribution in [0.2, 0.25) is 0 Å². The Morgan fingerprint density at radius 2 is 1.96 bits per heavy atom. The third-order valence-corrected chi connectivity index (χ3v) is 4.04. The molecule has 0 aliphatic rings. The number of carbonyl (C=O) groups is 2. The average molecular weight is 330 g/mol. The molecule has 0 fully saturated rings. The van der Waals surface area contributed by atoms with Crippen LogP contribution in [-0.4, -0.2) is 23.5 Å². The van der Waals surface area contributed by atoms with E-state index >= 15 is 0 Å². The molecule has 0 radical (unpaired) electrons. The lowest BCUT2D eigenvalue weighted by Gasteiger charge is -1.98. The van der Waals surface area contributed by atoms with Crippen molar-refractivity contribution in [2.24, 2.45) is 0 Å². The first-order chi connectivity index (χ1) is 11.0. The van der Waals surface area contributed by atoms with Gasteiger partial charge in [-0.2, -0.15) is 0 Å². The summed E-state index contributed by atoms with van der Waals surface area (Å²) in [5.74, 6) is -0.715. The van der Waals surface area contributed by atoms with Crippen LogP contribution in [-0.2, 0) is 9.53 Å². The number of aromatic nitrogens is 1. The van der Waals surface area contributed by atoms with Crippen molar-refractivity contribution in [1.82, 2.24) is 4.98 Å². The molecule has 2 rings (SSSR count). The summed E-state index contributed by atoms with van der Waals surface area (Å²) in [6.45, 7) is 5.76. The highest BCUT2D eigenvalue weighted by atomic mass is 32.1. The van der Waals surface area contributed by atoms with E-state index in [1.807, 2.05) is 31.2 Å². The predicted octanol–water partition coefficient (Wildman–Crippen LogP) is 3.59. The zero-order valence-electron chi connectivity index (χ0n) is 13.3. The minimum atomic E-state index is -0.418. The number of esters is 1. The molecule has 1 amide bonds. The summed E-state index contributed by atoms with van der Waals surface area (Å²) in [5.41, 5.74) is 2.65. The number of anilines is 1. The third-order valence-electron chi connectivity index (χ3n) is 2.99. The molecule has 23 heavy (non-hydrogen) atoms. The molecule has 0 atom stereocenters. The molecule has 1 heterocycles. The fourth-order valence-corrected chi connectivity index (χ4v) is 2.70. The van der Waals surface area contributed by atoms with Crippen LogP contribution in [0.5, 0.6) is 0 Å². The van der Waals surface area contributed by atoms with E-state index in [1.54, 1.807) is 19.9 Å². The summed E-state index contributed by atoms with van der Waals surface area (Å²) in [6, 6.07) is 7.83. The van der Waals surface area contributed by atoms with Crippen molar-refractivity contribution in [2.75, 3.05) is 11.9 Å². The van der Waals surface area contributed by atoms with Gasteiger partial charge < -0.3 is 4.74 Å². The van der Waals surface area contributed by atoms with Gasteiger partial charge in [0.1, 0.15) is 4.88 Å². The SMILES string of the molecule is CCOC(=O)c1sc(NC(=O)C=Cc2ccc(C)cc2)nc1C. The van der Waals surface area contributed by atoms with E-state index in [-0.39, 0.29) is 5.91 Å². The van der Waals surface area contributed by atoms with Crippen LogP contribution in [0.4, 0.5) is 5.13 Å². The molecule has 1 aromatic carbocycles. The van der Waals surface area contributed by atoms with Gasteiger partial charge in [0.25, 0.3) is 0 Å². The predicted molar refractivity (Wildman–Crippen MR) is 91.7 cm³/mol. The number of rotatable bonds is 5. The topological polar surface area (TPSA) is 68.3 Å². The molecule has 0 unspecified atom stereocenters. The van der Waals surface area contributed by atoms with Crippen LogP contribution in [0.3, 0.4) is 0 Å². The second-order valence-electron chi connectivity index (χ2n) is 4.89. The van der Waals surface area contributed by atoms with Crippen molar-refractivity contribution in [3.63, 3.8) is 0 Å². The van der Waals surface area contributed by atoms with E-state index in [1.165, 1.54) is 6.08 Å². The van der Waals surface area contributed by atoms with Gasteiger partial charge in [0.2, 0.25) is 5.91 Å². The Balaban J connectivity index is 2.01. The first kappa shape index (κ1) is 16.9. The van der Waals surface area contributed by atoms with Gasteiger partial charge in [-0.15, -0.1) is 0 Å². The highest BCUT2D eigenvalue weighted by Crippen LogP contribution is 2.23. The first-order valence-corrected chi connectivity index (χ1v) is 8.01. The van der Waals surface area contributed by atoms with Crippen LogP contribution in [0.15, 0.2) is 30.3 Å². The summed E-state index contributed by atoms with van der Waals surface area (Å²) in [5, 5.41) is 3.03. The molecule has 0 bridgehead atoms. The number of thiazole rings is 1. The minimum Gasteiger partial charge on any atom is -0.462 e. The normalized spacial score (nSPS) is 10.7. The van der Waals surface area contributed by atoms with E-state index in [0.717, 1.165) is 22.5 Å². The van der Waals surface area contributed by atoms with E-state index < -0.39 is 5.97 Å². The number of ether oxygens (including phenoxy) is 1. The monoisotopic (exact) mass is 330 g/mol. The maximum Gasteiger partial charge on any atom is 0.350 e. The van der Waals surface area contributed by atoms with Crippen molar-refractivity contribution in [1.29, 1.82) is 0 Å². The molecule has 1 N–H and O–H groups in total. The number of hydrogen-bond acceptors (Lipinski definition) is 5. The van der Waals surface area contributed by atoms with Crippen molar-refractivity contribution >= 4 is 34.4 Å². The molecule has 0 aliphatic carbocycles. The van der Waals surface area contributed by atoms with Crippen molar-refractivity contribution < 1.29 is 14.3 Å². The number of carbonyl (C=O) groups excluding carboxylic acids is 2. The zero-order chi connectivity index (χ0) is 16.8. The minimum absolute atomic E-state index is 0.297. The highest BCUT2D eigenvalue weighted by molar-refractivity contribution is 7.17. The van der Waals surface area contributed by atoms with Gasteiger partial charge in [-0.05, 0) is 32.4 Å². The van der Waals surface area contributed by atoms with Gasteiger partial charge in [0.05, 0.1) is 12.3 Å². The maximum atomic E-state index is 11.9.